The first kappa shape index (κ1) is 15.5. The first-order valence-electron chi connectivity index (χ1n) is 7.14. The maximum absolute atomic E-state index is 9.48. The highest BCUT2D eigenvalue weighted by Gasteiger charge is 2.47. The Kier molecular flexibility index (Phi) is 4.02. The molecule has 0 saturated carbocycles. The van der Waals surface area contributed by atoms with Gasteiger partial charge in [-0.1, -0.05) is 13.8 Å². The summed E-state index contributed by atoms with van der Waals surface area (Å²) in [5.74, 6) is 0. The Morgan fingerprint density at radius 1 is 1.45 bits per heavy atom. The zero-order valence-corrected chi connectivity index (χ0v) is 13.3. The topological polar surface area (TPSA) is 56.5 Å². The maximum Gasteiger partial charge on any atom is 0.497 e. The van der Waals surface area contributed by atoms with Crippen molar-refractivity contribution in [3.8, 4) is 0 Å². The molecule has 2 heterocycles. The van der Waals surface area contributed by atoms with E-state index in [1.165, 1.54) is 0 Å². The van der Waals surface area contributed by atoms with E-state index >= 15 is 0 Å². The molecule has 2 rings (SSSR count). The molecule has 1 saturated heterocycles. The molecule has 0 radical (unpaired) electrons. The van der Waals surface area contributed by atoms with Gasteiger partial charge in [0.05, 0.1) is 18.2 Å². The predicted octanol–water partition coefficient (Wildman–Crippen LogP) is 1.12. The standard InChI is InChI=1S/C14H25BN2O3/c1-10(18)8-17-11(2)12(7-16-17)15-19-9-13(3,4)14(5,6)20-15/h7,10,18H,8-9H2,1-6H3. The van der Waals surface area contributed by atoms with E-state index in [9.17, 15) is 5.11 Å². The Balaban J connectivity index is 2.20. The highest BCUT2D eigenvalue weighted by atomic mass is 16.6. The molecule has 0 aliphatic carbocycles. The van der Waals surface area contributed by atoms with Crippen LogP contribution in [0, 0.1) is 12.3 Å². The van der Waals surface area contributed by atoms with E-state index in [1.54, 1.807) is 17.8 Å². The lowest BCUT2D eigenvalue weighted by molar-refractivity contribution is -0.0937. The molecule has 1 N–H and O–H groups in total. The van der Waals surface area contributed by atoms with E-state index in [0.717, 1.165) is 11.2 Å². The van der Waals surface area contributed by atoms with E-state index in [4.69, 9.17) is 9.31 Å². The Bertz CT molecular complexity index is 483. The van der Waals surface area contributed by atoms with E-state index < -0.39 is 6.10 Å². The molecule has 0 amide bonds. The average Bonchev–Trinajstić information content (AvgIpc) is 2.64. The number of hydrogen-bond donors (Lipinski definition) is 1. The third-order valence-corrected chi connectivity index (χ3v) is 4.46. The lowest BCUT2D eigenvalue weighted by Crippen LogP contribution is -2.58. The smallest absolute Gasteiger partial charge is 0.407 e. The quantitative estimate of drug-likeness (QED) is 0.843. The number of hydrogen-bond acceptors (Lipinski definition) is 4. The molecule has 0 bridgehead atoms. The van der Waals surface area contributed by atoms with Gasteiger partial charge in [-0.2, -0.15) is 5.10 Å². The van der Waals surface area contributed by atoms with Gasteiger partial charge >= 0.3 is 7.12 Å². The fourth-order valence-corrected chi connectivity index (χ4v) is 2.20. The molecule has 6 heteroatoms. The normalized spacial score (nSPS) is 22.9. The third-order valence-electron chi connectivity index (χ3n) is 4.46. The SMILES string of the molecule is Cc1c(B2OCC(C)(C)C(C)(C)O2)cnn1CC(C)O. The summed E-state index contributed by atoms with van der Waals surface area (Å²) in [5.41, 5.74) is 1.61. The fraction of sp³-hybridized carbons (Fsp3) is 0.786. The monoisotopic (exact) mass is 280 g/mol. The van der Waals surface area contributed by atoms with Gasteiger partial charge in [0.15, 0.2) is 0 Å². The second-order valence-electron chi connectivity index (χ2n) is 6.87. The Morgan fingerprint density at radius 2 is 2.10 bits per heavy atom. The molecule has 1 unspecified atom stereocenters. The van der Waals surface area contributed by atoms with Crippen molar-refractivity contribution in [1.29, 1.82) is 0 Å². The van der Waals surface area contributed by atoms with Crippen LogP contribution in [0.4, 0.5) is 0 Å². The van der Waals surface area contributed by atoms with Gasteiger partial charge in [-0.05, 0) is 27.7 Å². The summed E-state index contributed by atoms with van der Waals surface area (Å²) in [5, 5.41) is 13.8. The van der Waals surface area contributed by atoms with Crippen LogP contribution in [0.25, 0.3) is 0 Å². The van der Waals surface area contributed by atoms with Gasteiger partial charge in [0.1, 0.15) is 0 Å². The van der Waals surface area contributed by atoms with Crippen molar-refractivity contribution in [2.24, 2.45) is 5.41 Å². The second kappa shape index (κ2) is 5.17. The zero-order chi connectivity index (χ0) is 15.1. The molecule has 5 nitrogen and oxygen atoms in total. The molecule has 1 aliphatic rings. The van der Waals surface area contributed by atoms with Crippen LogP contribution < -0.4 is 5.46 Å². The zero-order valence-electron chi connectivity index (χ0n) is 13.3. The van der Waals surface area contributed by atoms with Crippen LogP contribution in [-0.4, -0.2) is 40.3 Å². The van der Waals surface area contributed by atoms with E-state index in [-0.39, 0.29) is 18.1 Å². The molecular weight excluding hydrogens is 255 g/mol. The Hall–Kier alpha value is -0.845. The largest absolute Gasteiger partial charge is 0.497 e. The van der Waals surface area contributed by atoms with E-state index in [0.29, 0.717) is 13.2 Å². The number of aromatic nitrogens is 2. The fourth-order valence-electron chi connectivity index (χ4n) is 2.20. The van der Waals surface area contributed by atoms with Crippen molar-refractivity contribution in [3.63, 3.8) is 0 Å². The van der Waals surface area contributed by atoms with Crippen molar-refractivity contribution in [3.05, 3.63) is 11.9 Å². The van der Waals surface area contributed by atoms with Gasteiger partial charge in [0.2, 0.25) is 0 Å². The van der Waals surface area contributed by atoms with E-state index in [2.05, 4.69) is 32.8 Å². The number of rotatable bonds is 3. The molecule has 1 aromatic rings. The second-order valence-corrected chi connectivity index (χ2v) is 6.87. The van der Waals surface area contributed by atoms with Gasteiger partial charge < -0.3 is 14.4 Å². The molecule has 1 aliphatic heterocycles. The van der Waals surface area contributed by atoms with Crippen LogP contribution in [0.2, 0.25) is 0 Å². The van der Waals surface area contributed by atoms with Crippen molar-refractivity contribution >= 4 is 12.6 Å². The molecule has 1 fully saturated rings. The molecule has 1 aromatic heterocycles. The first-order chi connectivity index (χ1) is 9.14. The lowest BCUT2D eigenvalue weighted by atomic mass is 9.69. The molecule has 1 atom stereocenters. The highest BCUT2D eigenvalue weighted by molar-refractivity contribution is 6.62. The van der Waals surface area contributed by atoms with Crippen LogP contribution in [-0.2, 0) is 15.9 Å². The minimum absolute atomic E-state index is 0.0347. The summed E-state index contributed by atoms with van der Waals surface area (Å²) in [4.78, 5) is 0. The van der Waals surface area contributed by atoms with Crippen molar-refractivity contribution in [2.75, 3.05) is 6.61 Å². The van der Waals surface area contributed by atoms with Gasteiger partial charge in [0.25, 0.3) is 0 Å². The van der Waals surface area contributed by atoms with Gasteiger partial charge in [-0.15, -0.1) is 0 Å². The predicted molar refractivity (Wildman–Crippen MR) is 78.9 cm³/mol. The summed E-state index contributed by atoms with van der Waals surface area (Å²) >= 11 is 0. The molecule has 112 valence electrons. The van der Waals surface area contributed by atoms with Crippen molar-refractivity contribution in [1.82, 2.24) is 9.78 Å². The minimum Gasteiger partial charge on any atom is -0.407 e. The Morgan fingerprint density at radius 3 is 2.65 bits per heavy atom. The van der Waals surface area contributed by atoms with Gasteiger partial charge in [0, 0.05) is 29.4 Å². The number of aliphatic hydroxyl groups excluding tert-OH is 1. The van der Waals surface area contributed by atoms with Gasteiger partial charge in [-0.3, -0.25) is 4.68 Å². The molecule has 0 spiro atoms. The summed E-state index contributed by atoms with van der Waals surface area (Å²) in [6, 6.07) is 0. The summed E-state index contributed by atoms with van der Waals surface area (Å²) in [6.07, 6.45) is 1.35. The highest BCUT2D eigenvalue weighted by Crippen LogP contribution is 2.38. The lowest BCUT2D eigenvalue weighted by Gasteiger charge is -2.47. The van der Waals surface area contributed by atoms with Gasteiger partial charge in [-0.25, -0.2) is 0 Å². The molecule has 20 heavy (non-hydrogen) atoms. The Labute approximate surface area is 121 Å². The maximum atomic E-state index is 9.48. The average molecular weight is 280 g/mol. The summed E-state index contributed by atoms with van der Waals surface area (Å²) < 4.78 is 13.8. The minimum atomic E-state index is -0.426. The van der Waals surface area contributed by atoms with Crippen LogP contribution in [0.1, 0.15) is 40.3 Å². The molecule has 0 aromatic carbocycles. The van der Waals surface area contributed by atoms with Crippen molar-refractivity contribution in [2.45, 2.75) is 59.8 Å². The number of aliphatic hydroxyl groups is 1. The number of nitrogens with zero attached hydrogens (tertiary/aromatic N) is 2. The summed E-state index contributed by atoms with van der Waals surface area (Å²) in [7, 11) is -0.388. The molecular formula is C14H25BN2O3. The van der Waals surface area contributed by atoms with Crippen molar-refractivity contribution < 1.29 is 14.4 Å². The van der Waals surface area contributed by atoms with Crippen LogP contribution >= 0.6 is 0 Å². The summed E-state index contributed by atoms with van der Waals surface area (Å²) in [6.45, 7) is 13.3. The van der Waals surface area contributed by atoms with Crippen LogP contribution in [0.3, 0.4) is 0 Å². The van der Waals surface area contributed by atoms with Crippen LogP contribution in [0.15, 0.2) is 6.20 Å². The van der Waals surface area contributed by atoms with Crippen LogP contribution in [0.5, 0.6) is 0 Å². The first-order valence-corrected chi connectivity index (χ1v) is 7.14. The third kappa shape index (κ3) is 2.78. The van der Waals surface area contributed by atoms with E-state index in [1.807, 2.05) is 6.92 Å².